The van der Waals surface area contributed by atoms with Gasteiger partial charge < -0.3 is 55.3 Å². The highest BCUT2D eigenvalue weighted by Crippen LogP contribution is 2.32. The summed E-state index contributed by atoms with van der Waals surface area (Å²) >= 11 is 0. The molecule has 0 aromatic heterocycles. The van der Waals surface area contributed by atoms with Crippen LogP contribution in [0.5, 0.6) is 5.75 Å². The molecule has 1 fully saturated rings. The maximum absolute atomic E-state index is 13.3. The van der Waals surface area contributed by atoms with Crippen LogP contribution in [0.25, 0.3) is 0 Å². The van der Waals surface area contributed by atoms with Crippen LogP contribution in [0.1, 0.15) is 72.3 Å². The van der Waals surface area contributed by atoms with Gasteiger partial charge in [0, 0.05) is 63.6 Å². The van der Waals surface area contributed by atoms with Gasteiger partial charge in [-0.05, 0) is 50.8 Å². The van der Waals surface area contributed by atoms with Gasteiger partial charge in [-0.25, -0.2) is 4.79 Å². The Kier molecular flexibility index (Phi) is 16.5. The zero-order valence-corrected chi connectivity index (χ0v) is 32.1. The van der Waals surface area contributed by atoms with E-state index in [-0.39, 0.29) is 62.4 Å². The second kappa shape index (κ2) is 20.3. The van der Waals surface area contributed by atoms with E-state index in [0.29, 0.717) is 31.4 Å². The number of imide groups is 1. The van der Waals surface area contributed by atoms with Crippen molar-refractivity contribution in [2.75, 3.05) is 31.6 Å². The summed E-state index contributed by atoms with van der Waals surface area (Å²) < 4.78 is 21.9. The Morgan fingerprint density at radius 1 is 0.893 bits per heavy atom. The van der Waals surface area contributed by atoms with Crippen LogP contribution < -0.4 is 20.7 Å². The highest BCUT2D eigenvalue weighted by molar-refractivity contribution is 6.13. The summed E-state index contributed by atoms with van der Waals surface area (Å²) in [7, 11) is 0. The van der Waals surface area contributed by atoms with Gasteiger partial charge in [0.05, 0.1) is 11.3 Å². The molecule has 0 aliphatic carbocycles. The van der Waals surface area contributed by atoms with Crippen LogP contribution in [0.4, 0.5) is 5.69 Å². The van der Waals surface area contributed by atoms with Gasteiger partial charge in [0.25, 0.3) is 11.8 Å². The number of aliphatic hydroxyl groups is 3. The molecule has 0 saturated carbocycles. The first kappa shape index (κ1) is 45.4. The standard InChI is InChI=1S/C37H52N4O15/c1-6-37(5,14-18-54-36(3,4)13-16-38-25(43)12-17-41-27(45)9-10-28(41)46)35(52)39-15-11-26(44)40-23-19-22(20-53-21(2)42)7-8-24(23)55-34-31(49)29(47)30(48)32(56-34)33(50)51/h7-10,19,29-32,34,47-49H,6,11-18,20H2,1-5H3,(H,38,43)(H,39,52)(H,40,44)(H,50,51)/t29-,30-,31+,32-,34+,37?/m0/s1. The van der Waals surface area contributed by atoms with E-state index in [1.807, 2.05) is 20.8 Å². The number of esters is 1. The molecule has 2 heterocycles. The van der Waals surface area contributed by atoms with E-state index in [4.69, 9.17) is 18.9 Å². The van der Waals surface area contributed by atoms with E-state index >= 15 is 0 Å². The smallest absolute Gasteiger partial charge is 0.335 e. The predicted molar refractivity (Wildman–Crippen MR) is 194 cm³/mol. The summed E-state index contributed by atoms with van der Waals surface area (Å²) in [4.78, 5) is 85.7. The van der Waals surface area contributed by atoms with Crippen LogP contribution in [0.2, 0.25) is 0 Å². The van der Waals surface area contributed by atoms with Crippen LogP contribution in [-0.4, -0.2) is 129 Å². The topological polar surface area (TPSA) is 277 Å². The van der Waals surface area contributed by atoms with Crippen molar-refractivity contribution in [3.05, 3.63) is 35.9 Å². The zero-order valence-electron chi connectivity index (χ0n) is 32.1. The lowest BCUT2D eigenvalue weighted by atomic mass is 9.83. The third-order valence-corrected chi connectivity index (χ3v) is 9.44. The number of anilines is 1. The van der Waals surface area contributed by atoms with Crippen molar-refractivity contribution in [2.45, 2.75) is 110 Å². The Balaban J connectivity index is 1.50. The molecule has 0 spiro atoms. The van der Waals surface area contributed by atoms with E-state index in [1.165, 1.54) is 25.1 Å². The van der Waals surface area contributed by atoms with Crippen LogP contribution >= 0.6 is 0 Å². The quantitative estimate of drug-likeness (QED) is 0.0632. The highest BCUT2D eigenvalue weighted by Gasteiger charge is 2.48. The third kappa shape index (κ3) is 13.1. The maximum atomic E-state index is 13.3. The lowest BCUT2D eigenvalue weighted by molar-refractivity contribution is -0.271. The lowest BCUT2D eigenvalue weighted by Gasteiger charge is -2.38. The van der Waals surface area contributed by atoms with Gasteiger partial charge in [-0.2, -0.15) is 0 Å². The van der Waals surface area contributed by atoms with Gasteiger partial charge in [0.15, 0.2) is 6.10 Å². The molecule has 7 N–H and O–H groups in total. The number of carboxylic acids is 1. The molecule has 6 atom stereocenters. The summed E-state index contributed by atoms with van der Waals surface area (Å²) in [5, 5.41) is 48.1. The van der Waals surface area contributed by atoms with Crippen molar-refractivity contribution >= 4 is 47.2 Å². The molecule has 3 rings (SSSR count). The van der Waals surface area contributed by atoms with E-state index in [0.717, 1.165) is 17.1 Å². The number of hydrogen-bond acceptors (Lipinski definition) is 14. The third-order valence-electron chi connectivity index (χ3n) is 9.44. The van der Waals surface area contributed by atoms with E-state index in [2.05, 4.69) is 16.0 Å². The molecule has 1 aromatic rings. The lowest BCUT2D eigenvalue weighted by Crippen LogP contribution is -2.61. The van der Waals surface area contributed by atoms with Gasteiger partial charge in [0.1, 0.15) is 30.7 Å². The Labute approximate surface area is 323 Å². The molecule has 1 aromatic carbocycles. The van der Waals surface area contributed by atoms with Crippen LogP contribution in [0.15, 0.2) is 30.4 Å². The van der Waals surface area contributed by atoms with Gasteiger partial charge in [-0.1, -0.05) is 19.9 Å². The average Bonchev–Trinajstić information content (AvgIpc) is 3.45. The molecule has 0 radical (unpaired) electrons. The second-order valence-corrected chi connectivity index (χ2v) is 14.3. The van der Waals surface area contributed by atoms with Crippen molar-refractivity contribution in [1.82, 2.24) is 15.5 Å². The van der Waals surface area contributed by atoms with E-state index < -0.39 is 71.4 Å². The zero-order chi connectivity index (χ0) is 41.8. The minimum atomic E-state index is -1.94. The molecule has 310 valence electrons. The summed E-state index contributed by atoms with van der Waals surface area (Å²) in [6.07, 6.45) is -6.06. The SMILES string of the molecule is CCC(C)(CCOC(C)(C)CCNC(=O)CCN1C(=O)C=CC1=O)C(=O)NCCC(=O)Nc1cc(COC(C)=O)ccc1O[C@@H]1O[C@H](C(=O)O)[C@@H](O)[C@H](O)[C@H]1O. The average molecular weight is 793 g/mol. The Bertz CT molecular complexity index is 1630. The molecule has 0 bridgehead atoms. The molecular formula is C37H52N4O15. The molecule has 2 aliphatic heterocycles. The van der Waals surface area contributed by atoms with Crippen molar-refractivity contribution < 1.29 is 72.9 Å². The number of benzene rings is 1. The number of carbonyl (C=O) groups is 7. The summed E-state index contributed by atoms with van der Waals surface area (Å²) in [5.74, 6) is -4.38. The van der Waals surface area contributed by atoms with Crippen LogP contribution in [0, 0.1) is 5.41 Å². The number of ether oxygens (including phenoxy) is 4. The van der Waals surface area contributed by atoms with Gasteiger partial charge in [-0.15, -0.1) is 0 Å². The van der Waals surface area contributed by atoms with Crippen molar-refractivity contribution in [3.63, 3.8) is 0 Å². The van der Waals surface area contributed by atoms with Gasteiger partial charge in [0.2, 0.25) is 24.0 Å². The van der Waals surface area contributed by atoms with Gasteiger partial charge in [-0.3, -0.25) is 33.7 Å². The first-order valence-electron chi connectivity index (χ1n) is 18.1. The number of carbonyl (C=O) groups excluding carboxylic acids is 6. The molecule has 19 heteroatoms. The van der Waals surface area contributed by atoms with Crippen LogP contribution in [-0.2, 0) is 54.4 Å². The second-order valence-electron chi connectivity index (χ2n) is 14.3. The molecule has 1 saturated heterocycles. The number of aliphatic hydroxyl groups excluding tert-OH is 3. The summed E-state index contributed by atoms with van der Waals surface area (Å²) in [6.45, 7) is 8.81. The minimum absolute atomic E-state index is 0.0130. The molecule has 2 aliphatic rings. The van der Waals surface area contributed by atoms with Gasteiger partial charge >= 0.3 is 11.9 Å². The van der Waals surface area contributed by atoms with E-state index in [1.54, 1.807) is 6.92 Å². The molecule has 19 nitrogen and oxygen atoms in total. The Morgan fingerprint density at radius 3 is 2.20 bits per heavy atom. The molecule has 1 unspecified atom stereocenters. The summed E-state index contributed by atoms with van der Waals surface area (Å²) in [6, 6.07) is 4.23. The summed E-state index contributed by atoms with van der Waals surface area (Å²) in [5.41, 5.74) is -1.06. The number of hydrogen-bond donors (Lipinski definition) is 7. The van der Waals surface area contributed by atoms with Crippen LogP contribution in [0.3, 0.4) is 0 Å². The van der Waals surface area contributed by atoms with Crippen molar-refractivity contribution in [2.24, 2.45) is 5.41 Å². The fourth-order valence-corrected chi connectivity index (χ4v) is 5.57. The minimum Gasteiger partial charge on any atom is -0.479 e. The normalized spacial score (nSPS) is 21.9. The molecule has 5 amide bonds. The predicted octanol–water partition coefficient (Wildman–Crippen LogP) is -0.111. The maximum Gasteiger partial charge on any atom is 0.335 e. The van der Waals surface area contributed by atoms with E-state index in [9.17, 15) is 54.0 Å². The molecule has 56 heavy (non-hydrogen) atoms. The number of rotatable bonds is 21. The number of aliphatic carboxylic acids is 1. The highest BCUT2D eigenvalue weighted by atomic mass is 16.7. The number of nitrogens with one attached hydrogen (secondary N) is 3. The van der Waals surface area contributed by atoms with Crippen molar-refractivity contribution in [3.8, 4) is 5.75 Å². The number of amides is 5. The largest absolute Gasteiger partial charge is 0.479 e. The number of nitrogens with zero attached hydrogens (tertiary/aromatic N) is 1. The fourth-order valence-electron chi connectivity index (χ4n) is 5.57. The monoisotopic (exact) mass is 792 g/mol. The first-order valence-corrected chi connectivity index (χ1v) is 18.1. The Hall–Kier alpha value is -4.95. The Morgan fingerprint density at radius 2 is 1.57 bits per heavy atom. The fraction of sp³-hybridized carbons (Fsp3) is 0.595. The van der Waals surface area contributed by atoms with Crippen molar-refractivity contribution in [1.29, 1.82) is 0 Å². The molecular weight excluding hydrogens is 740 g/mol. The first-order chi connectivity index (χ1) is 26.3. The number of carboxylic acid groups (broad SMARTS) is 1.